The van der Waals surface area contributed by atoms with E-state index in [1.807, 2.05) is 28.4 Å². The second kappa shape index (κ2) is 8.70. The number of benzene rings is 1. The van der Waals surface area contributed by atoms with Gasteiger partial charge in [-0.25, -0.2) is 0 Å². The summed E-state index contributed by atoms with van der Waals surface area (Å²) in [6.45, 7) is 5.89. The van der Waals surface area contributed by atoms with Gasteiger partial charge >= 0.3 is 0 Å². The molecule has 0 N–H and O–H groups in total. The monoisotopic (exact) mass is 398 g/mol. The molecule has 1 aromatic carbocycles. The fourth-order valence-corrected chi connectivity index (χ4v) is 5.39. The highest BCUT2D eigenvalue weighted by Crippen LogP contribution is 2.29. The molecule has 2 aromatic rings. The number of aromatic nitrogens is 2. The molecule has 2 aliphatic rings. The molecule has 1 saturated heterocycles. The molecule has 0 spiro atoms. The van der Waals surface area contributed by atoms with Crippen molar-refractivity contribution in [2.75, 3.05) is 31.1 Å². The highest BCUT2D eigenvalue weighted by Gasteiger charge is 2.32. The van der Waals surface area contributed by atoms with Crippen molar-refractivity contribution in [3.05, 3.63) is 52.8 Å². The van der Waals surface area contributed by atoms with Crippen LogP contribution in [-0.4, -0.2) is 62.7 Å². The van der Waals surface area contributed by atoms with Crippen molar-refractivity contribution in [3.8, 4) is 0 Å². The van der Waals surface area contributed by atoms with E-state index in [1.54, 1.807) is 0 Å². The Labute approximate surface area is 172 Å². The van der Waals surface area contributed by atoms with Crippen molar-refractivity contribution in [1.82, 2.24) is 19.6 Å². The first kappa shape index (κ1) is 19.5. The summed E-state index contributed by atoms with van der Waals surface area (Å²) in [5.41, 5.74) is 4.49. The van der Waals surface area contributed by atoms with E-state index < -0.39 is 0 Å². The summed E-state index contributed by atoms with van der Waals surface area (Å²) in [5.74, 6) is 2.19. The van der Waals surface area contributed by atoms with Crippen LogP contribution in [0.4, 0.5) is 0 Å². The summed E-state index contributed by atoms with van der Waals surface area (Å²) in [5, 5.41) is 4.67. The van der Waals surface area contributed by atoms with E-state index in [2.05, 4.69) is 47.3 Å². The highest BCUT2D eigenvalue weighted by molar-refractivity contribution is 7.99. The maximum atomic E-state index is 13.1. The molecule has 1 aliphatic carbocycles. The van der Waals surface area contributed by atoms with Crippen LogP contribution in [0, 0.1) is 0 Å². The van der Waals surface area contributed by atoms with Crippen LogP contribution < -0.4 is 0 Å². The number of carbonyl (C=O) groups is 1. The predicted molar refractivity (Wildman–Crippen MR) is 115 cm³/mol. The normalized spacial score (nSPS) is 19.7. The minimum absolute atomic E-state index is 0.129. The number of fused-ring (bicyclic) bond motifs is 1. The molecule has 0 radical (unpaired) electrons. The van der Waals surface area contributed by atoms with Gasteiger partial charge in [0.05, 0.1) is 0 Å². The molecule has 2 heterocycles. The fourth-order valence-electron chi connectivity index (χ4n) is 4.49. The Morgan fingerprint density at radius 1 is 1.25 bits per heavy atom. The number of carbonyl (C=O) groups excluding carboxylic acids is 1. The van der Waals surface area contributed by atoms with Crippen LogP contribution in [0.3, 0.4) is 0 Å². The van der Waals surface area contributed by atoms with Crippen LogP contribution in [0.2, 0.25) is 0 Å². The van der Waals surface area contributed by atoms with Crippen molar-refractivity contribution in [2.24, 2.45) is 7.05 Å². The van der Waals surface area contributed by atoms with Crippen molar-refractivity contribution < 1.29 is 4.79 Å². The standard InChI is InChI=1S/C22H30N4OS/c1-3-25(16-17-7-5-4-6-8-17)18-9-10-20-19(15-18)21(23-24(20)2)22(27)26-11-13-28-14-12-26/h4-8,18H,3,9-16H2,1-2H3/t18-/m0/s1. The molecule has 6 heteroatoms. The van der Waals surface area contributed by atoms with Gasteiger partial charge in [-0.3, -0.25) is 14.4 Å². The molecule has 28 heavy (non-hydrogen) atoms. The van der Waals surface area contributed by atoms with Crippen LogP contribution in [-0.2, 0) is 26.4 Å². The summed E-state index contributed by atoms with van der Waals surface area (Å²) in [6.07, 6.45) is 3.05. The van der Waals surface area contributed by atoms with Gasteiger partial charge in [-0.2, -0.15) is 16.9 Å². The van der Waals surface area contributed by atoms with Gasteiger partial charge in [0.1, 0.15) is 0 Å². The Morgan fingerprint density at radius 2 is 2.00 bits per heavy atom. The average Bonchev–Trinajstić information content (AvgIpc) is 3.08. The van der Waals surface area contributed by atoms with Gasteiger partial charge in [-0.15, -0.1) is 0 Å². The van der Waals surface area contributed by atoms with Gasteiger partial charge in [0, 0.05) is 55.5 Å². The average molecular weight is 399 g/mol. The maximum absolute atomic E-state index is 13.1. The van der Waals surface area contributed by atoms with E-state index in [0.29, 0.717) is 11.7 Å². The third-order valence-electron chi connectivity index (χ3n) is 6.08. The molecule has 1 aromatic heterocycles. The first-order valence-corrected chi connectivity index (χ1v) is 11.5. The fraction of sp³-hybridized carbons (Fsp3) is 0.545. The molecular weight excluding hydrogens is 368 g/mol. The highest BCUT2D eigenvalue weighted by atomic mass is 32.2. The molecule has 0 bridgehead atoms. The number of nitrogens with zero attached hydrogens (tertiary/aromatic N) is 4. The van der Waals surface area contributed by atoms with Gasteiger partial charge in [-0.1, -0.05) is 37.3 Å². The molecule has 1 fully saturated rings. The predicted octanol–water partition coefficient (Wildman–Crippen LogP) is 2.99. The van der Waals surface area contributed by atoms with Crippen LogP contribution in [0.1, 0.15) is 40.7 Å². The lowest BCUT2D eigenvalue weighted by molar-refractivity contribution is 0.0763. The van der Waals surface area contributed by atoms with Crippen LogP contribution in [0.5, 0.6) is 0 Å². The minimum Gasteiger partial charge on any atom is -0.336 e. The molecular formula is C22H30N4OS. The number of amides is 1. The zero-order valence-electron chi connectivity index (χ0n) is 16.9. The third-order valence-corrected chi connectivity index (χ3v) is 7.02. The first-order chi connectivity index (χ1) is 13.7. The zero-order valence-corrected chi connectivity index (χ0v) is 17.7. The van der Waals surface area contributed by atoms with Gasteiger partial charge in [-0.05, 0) is 31.4 Å². The Morgan fingerprint density at radius 3 is 2.71 bits per heavy atom. The number of likely N-dealkylation sites (N-methyl/N-ethyl adjacent to an activating group) is 1. The lowest BCUT2D eigenvalue weighted by Gasteiger charge is -2.34. The Hall–Kier alpha value is -1.79. The van der Waals surface area contributed by atoms with Gasteiger partial charge < -0.3 is 4.90 Å². The molecule has 4 rings (SSSR count). The number of aryl methyl sites for hydroxylation is 1. The molecule has 5 nitrogen and oxygen atoms in total. The number of thioether (sulfide) groups is 1. The lowest BCUT2D eigenvalue weighted by atomic mass is 9.89. The number of hydrogen-bond donors (Lipinski definition) is 0. The van der Waals surface area contributed by atoms with E-state index in [9.17, 15) is 4.79 Å². The summed E-state index contributed by atoms with van der Waals surface area (Å²) < 4.78 is 1.95. The Balaban J connectivity index is 1.54. The molecule has 0 saturated carbocycles. The van der Waals surface area contributed by atoms with Crippen molar-refractivity contribution >= 4 is 17.7 Å². The van der Waals surface area contributed by atoms with Crippen LogP contribution >= 0.6 is 11.8 Å². The van der Waals surface area contributed by atoms with E-state index in [0.717, 1.165) is 56.9 Å². The molecule has 150 valence electrons. The van der Waals surface area contributed by atoms with Crippen molar-refractivity contribution in [3.63, 3.8) is 0 Å². The van der Waals surface area contributed by atoms with Crippen LogP contribution in [0.25, 0.3) is 0 Å². The molecule has 1 amide bonds. The second-order valence-electron chi connectivity index (χ2n) is 7.75. The number of hydrogen-bond acceptors (Lipinski definition) is 4. The summed E-state index contributed by atoms with van der Waals surface area (Å²) in [7, 11) is 1.99. The topological polar surface area (TPSA) is 41.4 Å². The van der Waals surface area contributed by atoms with Gasteiger partial charge in [0.2, 0.25) is 0 Å². The summed E-state index contributed by atoms with van der Waals surface area (Å²) in [4.78, 5) is 17.7. The van der Waals surface area contributed by atoms with E-state index >= 15 is 0 Å². The lowest BCUT2D eigenvalue weighted by Crippen LogP contribution is -2.41. The van der Waals surface area contributed by atoms with E-state index in [1.165, 1.54) is 16.8 Å². The smallest absolute Gasteiger partial charge is 0.274 e. The van der Waals surface area contributed by atoms with Crippen molar-refractivity contribution in [1.29, 1.82) is 0 Å². The zero-order chi connectivity index (χ0) is 19.5. The van der Waals surface area contributed by atoms with Gasteiger partial charge in [0.15, 0.2) is 5.69 Å². The maximum Gasteiger partial charge on any atom is 0.274 e. The molecule has 1 aliphatic heterocycles. The molecule has 0 unspecified atom stereocenters. The van der Waals surface area contributed by atoms with Crippen LogP contribution in [0.15, 0.2) is 30.3 Å². The van der Waals surface area contributed by atoms with Crippen molar-refractivity contribution in [2.45, 2.75) is 38.8 Å². The number of rotatable bonds is 5. The first-order valence-electron chi connectivity index (χ1n) is 10.4. The summed E-state index contributed by atoms with van der Waals surface area (Å²) in [6, 6.07) is 11.1. The second-order valence-corrected chi connectivity index (χ2v) is 8.97. The quantitative estimate of drug-likeness (QED) is 0.776. The minimum atomic E-state index is 0.129. The van der Waals surface area contributed by atoms with E-state index in [4.69, 9.17) is 0 Å². The van der Waals surface area contributed by atoms with E-state index in [-0.39, 0.29) is 5.91 Å². The largest absolute Gasteiger partial charge is 0.336 e. The SMILES string of the molecule is CCN(Cc1ccccc1)[C@H]1CCc2c(c(C(=O)N3CCSCC3)nn2C)C1. The third kappa shape index (κ3) is 3.98. The van der Waals surface area contributed by atoms with Gasteiger partial charge in [0.25, 0.3) is 5.91 Å². The Bertz CT molecular complexity index is 813. The Kier molecular flexibility index (Phi) is 6.07. The molecule has 1 atom stereocenters. The summed E-state index contributed by atoms with van der Waals surface area (Å²) >= 11 is 1.93.